The zero-order valence-corrected chi connectivity index (χ0v) is 13.3. The zero-order valence-electron chi connectivity index (χ0n) is 11.0. The maximum atomic E-state index is 6.52. The van der Waals surface area contributed by atoms with Crippen LogP contribution < -0.4 is 9.47 Å². The van der Waals surface area contributed by atoms with Gasteiger partial charge >= 0.3 is 0 Å². The van der Waals surface area contributed by atoms with Crippen molar-refractivity contribution in [3.8, 4) is 11.5 Å². The Morgan fingerprint density at radius 3 is 2.20 bits per heavy atom. The molecule has 1 unspecified atom stereocenters. The van der Waals surface area contributed by atoms with Gasteiger partial charge in [-0.05, 0) is 23.8 Å². The summed E-state index contributed by atoms with van der Waals surface area (Å²) in [6.07, 6.45) is 0. The molecule has 1 atom stereocenters. The molecule has 0 aliphatic rings. The van der Waals surface area contributed by atoms with Crippen molar-refractivity contribution in [3.63, 3.8) is 0 Å². The lowest BCUT2D eigenvalue weighted by molar-refractivity contribution is 0.392. The summed E-state index contributed by atoms with van der Waals surface area (Å²) in [6, 6.07) is 11.0. The molecule has 0 spiro atoms. The van der Waals surface area contributed by atoms with Crippen molar-refractivity contribution >= 4 is 34.8 Å². The van der Waals surface area contributed by atoms with Gasteiger partial charge in [0.25, 0.3) is 0 Å². The molecule has 0 fully saturated rings. The molecular weight excluding hydrogens is 319 g/mol. The number of hydrogen-bond donors (Lipinski definition) is 0. The van der Waals surface area contributed by atoms with E-state index in [2.05, 4.69) is 0 Å². The summed E-state index contributed by atoms with van der Waals surface area (Å²) < 4.78 is 10.5. The second kappa shape index (κ2) is 6.57. The third-order valence-corrected chi connectivity index (χ3v) is 4.14. The van der Waals surface area contributed by atoms with E-state index in [-0.39, 0.29) is 0 Å². The van der Waals surface area contributed by atoms with E-state index in [1.807, 2.05) is 24.3 Å². The first-order chi connectivity index (χ1) is 9.60. The van der Waals surface area contributed by atoms with Gasteiger partial charge in [-0.2, -0.15) is 0 Å². The molecule has 0 radical (unpaired) electrons. The second-order valence-electron chi connectivity index (χ2n) is 4.09. The van der Waals surface area contributed by atoms with Crippen molar-refractivity contribution in [1.29, 1.82) is 0 Å². The standard InChI is InChI=1S/C15H13Cl3O2/c1-19-12-8-7-10(15(20-2)14(12)18)13(17)9-5-3-4-6-11(9)16/h3-8,13H,1-2H3. The van der Waals surface area contributed by atoms with Gasteiger partial charge in [-0.3, -0.25) is 0 Å². The Morgan fingerprint density at radius 2 is 1.60 bits per heavy atom. The lowest BCUT2D eigenvalue weighted by Gasteiger charge is -2.18. The Bertz CT molecular complexity index is 614. The monoisotopic (exact) mass is 330 g/mol. The van der Waals surface area contributed by atoms with E-state index in [4.69, 9.17) is 44.3 Å². The van der Waals surface area contributed by atoms with Crippen LogP contribution in [0.5, 0.6) is 11.5 Å². The average molecular weight is 332 g/mol. The minimum Gasteiger partial charge on any atom is -0.495 e. The van der Waals surface area contributed by atoms with Crippen molar-refractivity contribution < 1.29 is 9.47 Å². The third-order valence-electron chi connectivity index (χ3n) is 2.97. The Balaban J connectivity index is 2.53. The van der Waals surface area contributed by atoms with Crippen LogP contribution in [0, 0.1) is 0 Å². The molecule has 2 aromatic rings. The highest BCUT2D eigenvalue weighted by Crippen LogP contribution is 2.44. The molecule has 2 rings (SSSR count). The van der Waals surface area contributed by atoms with Crippen molar-refractivity contribution in [1.82, 2.24) is 0 Å². The van der Waals surface area contributed by atoms with Gasteiger partial charge in [-0.25, -0.2) is 0 Å². The molecule has 0 aliphatic carbocycles. The number of alkyl halides is 1. The fourth-order valence-corrected chi connectivity index (χ4v) is 2.96. The van der Waals surface area contributed by atoms with Crippen LogP contribution in [-0.4, -0.2) is 14.2 Å². The van der Waals surface area contributed by atoms with Gasteiger partial charge in [0.2, 0.25) is 0 Å². The molecule has 2 aromatic carbocycles. The molecule has 0 N–H and O–H groups in total. The maximum absolute atomic E-state index is 6.52. The van der Waals surface area contributed by atoms with Crippen LogP contribution in [0.15, 0.2) is 36.4 Å². The number of rotatable bonds is 4. The fraction of sp³-hybridized carbons (Fsp3) is 0.200. The molecule has 0 saturated heterocycles. The maximum Gasteiger partial charge on any atom is 0.146 e. The Kier molecular flexibility index (Phi) is 5.03. The van der Waals surface area contributed by atoms with E-state index in [0.717, 1.165) is 11.1 Å². The van der Waals surface area contributed by atoms with Gasteiger partial charge in [0, 0.05) is 10.6 Å². The summed E-state index contributed by atoms with van der Waals surface area (Å²) in [5.74, 6) is 1.03. The lowest BCUT2D eigenvalue weighted by Crippen LogP contribution is -2.00. The molecule has 0 saturated carbocycles. The Morgan fingerprint density at radius 1 is 0.900 bits per heavy atom. The third kappa shape index (κ3) is 2.83. The van der Waals surface area contributed by atoms with Gasteiger partial charge < -0.3 is 9.47 Å². The van der Waals surface area contributed by atoms with E-state index < -0.39 is 5.38 Å². The quantitative estimate of drug-likeness (QED) is 0.704. The molecule has 0 heterocycles. The summed E-state index contributed by atoms with van der Waals surface area (Å²) in [5, 5.41) is 0.536. The van der Waals surface area contributed by atoms with Crippen LogP contribution in [0.25, 0.3) is 0 Å². The van der Waals surface area contributed by atoms with Crippen molar-refractivity contribution in [2.75, 3.05) is 14.2 Å². The topological polar surface area (TPSA) is 18.5 Å². The van der Waals surface area contributed by atoms with E-state index >= 15 is 0 Å². The van der Waals surface area contributed by atoms with Gasteiger partial charge in [0.15, 0.2) is 0 Å². The van der Waals surface area contributed by atoms with Gasteiger partial charge in [-0.15, -0.1) is 11.6 Å². The second-order valence-corrected chi connectivity index (χ2v) is 5.31. The minimum atomic E-state index is -0.456. The van der Waals surface area contributed by atoms with E-state index in [9.17, 15) is 0 Å². The molecule has 5 heteroatoms. The molecular formula is C15H13Cl3O2. The molecule has 0 aromatic heterocycles. The smallest absolute Gasteiger partial charge is 0.146 e. The van der Waals surface area contributed by atoms with Gasteiger partial charge in [0.05, 0.1) is 19.6 Å². The van der Waals surface area contributed by atoms with E-state index in [1.54, 1.807) is 26.4 Å². The lowest BCUT2D eigenvalue weighted by atomic mass is 10.0. The fourth-order valence-electron chi connectivity index (χ4n) is 1.97. The Labute approximate surface area is 133 Å². The molecule has 2 nitrogen and oxygen atoms in total. The molecule has 0 amide bonds. The normalized spacial score (nSPS) is 12.1. The number of benzene rings is 2. The summed E-state index contributed by atoms with van der Waals surface area (Å²) >= 11 is 18.9. The van der Waals surface area contributed by atoms with Crippen LogP contribution in [0.2, 0.25) is 10.0 Å². The highest BCUT2D eigenvalue weighted by molar-refractivity contribution is 6.34. The molecule has 0 aliphatic heterocycles. The van der Waals surface area contributed by atoms with E-state index in [0.29, 0.717) is 21.5 Å². The van der Waals surface area contributed by atoms with Crippen molar-refractivity contribution in [2.24, 2.45) is 0 Å². The number of methoxy groups -OCH3 is 2. The minimum absolute atomic E-state index is 0.394. The first kappa shape index (κ1) is 15.3. The van der Waals surface area contributed by atoms with Crippen LogP contribution in [0.4, 0.5) is 0 Å². The van der Waals surface area contributed by atoms with E-state index in [1.165, 1.54) is 0 Å². The first-order valence-electron chi connectivity index (χ1n) is 5.89. The summed E-state index contributed by atoms with van der Waals surface area (Å²) in [6.45, 7) is 0. The zero-order chi connectivity index (χ0) is 14.7. The highest BCUT2D eigenvalue weighted by Gasteiger charge is 2.21. The summed E-state index contributed by atoms with van der Waals surface area (Å²) in [5.41, 5.74) is 1.54. The first-order valence-corrected chi connectivity index (χ1v) is 7.08. The van der Waals surface area contributed by atoms with Crippen LogP contribution in [0.3, 0.4) is 0 Å². The van der Waals surface area contributed by atoms with Crippen LogP contribution in [0.1, 0.15) is 16.5 Å². The molecule has 106 valence electrons. The largest absolute Gasteiger partial charge is 0.495 e. The van der Waals surface area contributed by atoms with Crippen LogP contribution in [-0.2, 0) is 0 Å². The predicted octanol–water partition coefficient (Wildman–Crippen LogP) is 5.34. The average Bonchev–Trinajstić information content (AvgIpc) is 2.46. The number of hydrogen-bond acceptors (Lipinski definition) is 2. The summed E-state index contributed by atoms with van der Waals surface area (Å²) in [7, 11) is 3.09. The van der Waals surface area contributed by atoms with Crippen molar-refractivity contribution in [2.45, 2.75) is 5.38 Å². The number of halogens is 3. The van der Waals surface area contributed by atoms with Crippen LogP contribution >= 0.6 is 34.8 Å². The molecule has 0 bridgehead atoms. The predicted molar refractivity (Wildman–Crippen MR) is 83.7 cm³/mol. The Hall–Kier alpha value is -1.09. The number of ether oxygens (including phenoxy) is 2. The SMILES string of the molecule is COc1ccc(C(Cl)c2ccccc2Cl)c(OC)c1Cl. The van der Waals surface area contributed by atoms with Gasteiger partial charge in [0.1, 0.15) is 16.5 Å². The van der Waals surface area contributed by atoms with Gasteiger partial charge in [-0.1, -0.05) is 41.4 Å². The van der Waals surface area contributed by atoms with Crippen molar-refractivity contribution in [3.05, 3.63) is 57.6 Å². The summed E-state index contributed by atoms with van der Waals surface area (Å²) in [4.78, 5) is 0. The highest BCUT2D eigenvalue weighted by atomic mass is 35.5. The molecule has 20 heavy (non-hydrogen) atoms.